The maximum Gasteiger partial charge on any atom is 0.0784 e. The molecule has 2 heteroatoms. The molecule has 0 radical (unpaired) electrons. The quantitative estimate of drug-likeness (QED) is 0.335. The highest BCUT2D eigenvalue weighted by Crippen LogP contribution is 2.23. The van der Waals surface area contributed by atoms with Crippen LogP contribution in [0.5, 0.6) is 0 Å². The molecule has 0 heterocycles. The van der Waals surface area contributed by atoms with E-state index in [1.807, 2.05) is 0 Å². The number of hydrogen-bond donors (Lipinski definition) is 1. The maximum absolute atomic E-state index is 5.62. The molecule has 116 valence electrons. The Balaban J connectivity index is 2.16. The Morgan fingerprint density at radius 1 is 1.25 bits per heavy atom. The molecule has 1 unspecified atom stereocenters. The predicted octanol–water partition coefficient (Wildman–Crippen LogP) is 5.65. The van der Waals surface area contributed by atoms with E-state index < -0.39 is 0 Å². The fourth-order valence-corrected chi connectivity index (χ4v) is 3.49. The zero-order chi connectivity index (χ0) is 14.6. The molecule has 1 nitrogen and oxygen atoms in total. The van der Waals surface area contributed by atoms with Crippen molar-refractivity contribution >= 4 is 17.2 Å². The van der Waals surface area contributed by atoms with Crippen molar-refractivity contribution in [1.29, 1.82) is 0 Å². The van der Waals surface area contributed by atoms with Gasteiger partial charge in [0.2, 0.25) is 0 Å². The van der Waals surface area contributed by atoms with Gasteiger partial charge in [-0.15, -0.1) is 0 Å². The van der Waals surface area contributed by atoms with Gasteiger partial charge in [0.05, 0.1) is 4.99 Å². The molecule has 1 aliphatic rings. The topological polar surface area (TPSA) is 12.0 Å². The third-order valence-electron chi connectivity index (χ3n) is 4.56. The summed E-state index contributed by atoms with van der Waals surface area (Å²) in [5.41, 5.74) is 0. The first-order valence-corrected chi connectivity index (χ1v) is 9.07. The highest BCUT2D eigenvalue weighted by molar-refractivity contribution is 7.80. The number of nitrogens with one attached hydrogen (secondary N) is 1. The fourth-order valence-electron chi connectivity index (χ4n) is 3.12. The molecule has 1 rings (SSSR count). The number of hydrogen-bond acceptors (Lipinski definition) is 1. The van der Waals surface area contributed by atoms with Crippen LogP contribution in [0.1, 0.15) is 78.1 Å². The molecule has 1 atom stereocenters. The van der Waals surface area contributed by atoms with Crippen molar-refractivity contribution in [2.24, 2.45) is 11.8 Å². The lowest BCUT2D eigenvalue weighted by atomic mass is 9.89. The first-order valence-electron chi connectivity index (χ1n) is 8.66. The largest absolute Gasteiger partial charge is 0.379 e. The minimum atomic E-state index is 0.596. The van der Waals surface area contributed by atoms with E-state index in [0.717, 1.165) is 17.5 Å². The van der Waals surface area contributed by atoms with Crippen molar-refractivity contribution in [1.82, 2.24) is 5.32 Å². The zero-order valence-corrected chi connectivity index (χ0v) is 14.3. The first kappa shape index (κ1) is 17.7. The minimum Gasteiger partial charge on any atom is -0.379 e. The highest BCUT2D eigenvalue weighted by Gasteiger charge is 2.16. The molecule has 0 bridgehead atoms. The van der Waals surface area contributed by atoms with E-state index in [9.17, 15) is 0 Å². The monoisotopic (exact) mass is 295 g/mol. The molecule has 0 aliphatic heterocycles. The van der Waals surface area contributed by atoms with Crippen LogP contribution in [0.3, 0.4) is 0 Å². The average molecular weight is 296 g/mol. The summed E-state index contributed by atoms with van der Waals surface area (Å²) in [4.78, 5) is 1.13. The van der Waals surface area contributed by atoms with E-state index in [1.165, 1.54) is 64.2 Å². The van der Waals surface area contributed by atoms with Crippen LogP contribution in [0.15, 0.2) is 12.2 Å². The van der Waals surface area contributed by atoms with Crippen molar-refractivity contribution in [3.63, 3.8) is 0 Å². The van der Waals surface area contributed by atoms with Gasteiger partial charge in [-0.25, -0.2) is 0 Å². The standard InChI is InChI=1S/C18H33NS/c1-3-5-6-7-11-14-17(4-2)18(20)19-15-16-12-9-8-10-13-16/h3,5,16-17H,4,6-15H2,1-2H3,(H,19,20). The van der Waals surface area contributed by atoms with E-state index in [1.54, 1.807) is 0 Å². The number of allylic oxidation sites excluding steroid dienone is 2. The summed E-state index contributed by atoms with van der Waals surface area (Å²) in [6.45, 7) is 5.48. The Morgan fingerprint density at radius 2 is 2.00 bits per heavy atom. The second-order valence-corrected chi connectivity index (χ2v) is 6.65. The Labute approximate surface area is 131 Å². The Kier molecular flexibility index (Phi) is 10.00. The molecule has 0 aromatic heterocycles. The molecule has 0 aromatic carbocycles. The molecule has 0 aromatic rings. The number of thiocarbonyl (C=S) groups is 1. The average Bonchev–Trinajstić information content (AvgIpc) is 2.49. The molecule has 1 saturated carbocycles. The van der Waals surface area contributed by atoms with Crippen LogP contribution in [0.4, 0.5) is 0 Å². The van der Waals surface area contributed by atoms with E-state index in [4.69, 9.17) is 12.2 Å². The van der Waals surface area contributed by atoms with Gasteiger partial charge < -0.3 is 5.32 Å². The molecule has 1 fully saturated rings. The van der Waals surface area contributed by atoms with Gasteiger partial charge in [-0.2, -0.15) is 0 Å². The first-order chi connectivity index (χ1) is 9.77. The van der Waals surface area contributed by atoms with Crippen molar-refractivity contribution in [3.8, 4) is 0 Å². The molecule has 0 spiro atoms. The van der Waals surface area contributed by atoms with Gasteiger partial charge in [0, 0.05) is 12.5 Å². The lowest BCUT2D eigenvalue weighted by molar-refractivity contribution is 0.355. The molecule has 1 aliphatic carbocycles. The lowest BCUT2D eigenvalue weighted by Gasteiger charge is -2.24. The van der Waals surface area contributed by atoms with Gasteiger partial charge in [0.15, 0.2) is 0 Å². The maximum atomic E-state index is 5.62. The summed E-state index contributed by atoms with van der Waals surface area (Å²) in [5, 5.41) is 3.57. The number of unbranched alkanes of at least 4 members (excludes halogenated alkanes) is 2. The lowest BCUT2D eigenvalue weighted by Crippen LogP contribution is -2.33. The molecule has 1 N–H and O–H groups in total. The zero-order valence-electron chi connectivity index (χ0n) is 13.5. The van der Waals surface area contributed by atoms with Crippen molar-refractivity contribution in [3.05, 3.63) is 12.2 Å². The van der Waals surface area contributed by atoms with Crippen molar-refractivity contribution < 1.29 is 0 Å². The second-order valence-electron chi connectivity index (χ2n) is 6.21. The van der Waals surface area contributed by atoms with Crippen LogP contribution in [-0.2, 0) is 0 Å². The summed E-state index contributed by atoms with van der Waals surface area (Å²) in [6.07, 6.45) is 17.7. The van der Waals surface area contributed by atoms with Crippen LogP contribution in [-0.4, -0.2) is 11.5 Å². The fraction of sp³-hybridized carbons (Fsp3) is 0.833. The summed E-state index contributed by atoms with van der Waals surface area (Å²) in [6, 6.07) is 0. The van der Waals surface area contributed by atoms with E-state index in [2.05, 4.69) is 31.3 Å². The summed E-state index contributed by atoms with van der Waals surface area (Å²) < 4.78 is 0. The normalized spacial score (nSPS) is 18.3. The predicted molar refractivity (Wildman–Crippen MR) is 94.2 cm³/mol. The summed E-state index contributed by atoms with van der Waals surface area (Å²) in [5.74, 6) is 1.47. The van der Waals surface area contributed by atoms with Gasteiger partial charge in [0.25, 0.3) is 0 Å². The van der Waals surface area contributed by atoms with Gasteiger partial charge in [0.1, 0.15) is 0 Å². The molecule has 0 amide bonds. The highest BCUT2D eigenvalue weighted by atomic mass is 32.1. The molecular formula is C18H33NS. The van der Waals surface area contributed by atoms with Crippen LogP contribution >= 0.6 is 12.2 Å². The van der Waals surface area contributed by atoms with Gasteiger partial charge in [-0.3, -0.25) is 0 Å². The Hall–Kier alpha value is -0.370. The Morgan fingerprint density at radius 3 is 2.65 bits per heavy atom. The Bertz CT molecular complexity index is 279. The third-order valence-corrected chi connectivity index (χ3v) is 5.04. The molecule has 0 saturated heterocycles. The van der Waals surface area contributed by atoms with Crippen molar-refractivity contribution in [2.75, 3.05) is 6.54 Å². The summed E-state index contributed by atoms with van der Waals surface area (Å²) >= 11 is 5.62. The number of rotatable bonds is 9. The van der Waals surface area contributed by atoms with Gasteiger partial charge in [-0.1, -0.05) is 57.0 Å². The second kappa shape index (κ2) is 11.3. The van der Waals surface area contributed by atoms with E-state index in [-0.39, 0.29) is 0 Å². The van der Waals surface area contributed by atoms with Gasteiger partial charge >= 0.3 is 0 Å². The van der Waals surface area contributed by atoms with Crippen molar-refractivity contribution in [2.45, 2.75) is 78.1 Å². The molecule has 20 heavy (non-hydrogen) atoms. The summed E-state index contributed by atoms with van der Waals surface area (Å²) in [7, 11) is 0. The van der Waals surface area contributed by atoms with Crippen LogP contribution in [0.25, 0.3) is 0 Å². The smallest absolute Gasteiger partial charge is 0.0784 e. The van der Waals surface area contributed by atoms with E-state index in [0.29, 0.717) is 5.92 Å². The van der Waals surface area contributed by atoms with Crippen LogP contribution in [0, 0.1) is 11.8 Å². The molecular weight excluding hydrogens is 262 g/mol. The van der Waals surface area contributed by atoms with Gasteiger partial charge in [-0.05, 0) is 51.4 Å². The SMILES string of the molecule is CC=CCCCCC(CC)C(=S)NCC1CCCCC1. The van der Waals surface area contributed by atoms with E-state index >= 15 is 0 Å². The van der Waals surface area contributed by atoms with Crippen LogP contribution in [0.2, 0.25) is 0 Å². The van der Waals surface area contributed by atoms with Crippen LogP contribution < -0.4 is 5.32 Å². The minimum absolute atomic E-state index is 0.596. The third kappa shape index (κ3) is 7.42.